The molecule has 1 unspecified atom stereocenters. The highest BCUT2D eigenvalue weighted by Gasteiger charge is 2.14. The highest BCUT2D eigenvalue weighted by atomic mass is 35.5. The van der Waals surface area contributed by atoms with Gasteiger partial charge in [0.25, 0.3) is 0 Å². The van der Waals surface area contributed by atoms with Crippen LogP contribution in [0.15, 0.2) is 60.9 Å². The molecule has 2 heterocycles. The Morgan fingerprint density at radius 3 is 2.58 bits per heavy atom. The number of anilines is 1. The van der Waals surface area contributed by atoms with Gasteiger partial charge in [0.05, 0.1) is 12.6 Å². The second-order valence-electron chi connectivity index (χ2n) is 6.04. The van der Waals surface area contributed by atoms with Crippen molar-refractivity contribution in [2.24, 2.45) is 0 Å². The number of rotatable bonds is 5. The van der Waals surface area contributed by atoms with E-state index in [1.165, 1.54) is 11.9 Å². The van der Waals surface area contributed by atoms with Gasteiger partial charge in [-0.25, -0.2) is 14.6 Å². The average Bonchev–Trinajstić information content (AvgIpc) is 3.08. The second kappa shape index (κ2) is 7.09. The molecule has 0 radical (unpaired) electrons. The van der Waals surface area contributed by atoms with Crippen molar-refractivity contribution in [3.05, 3.63) is 77.1 Å². The molecule has 0 bridgehead atoms. The van der Waals surface area contributed by atoms with Crippen molar-refractivity contribution in [1.29, 1.82) is 0 Å². The van der Waals surface area contributed by atoms with Crippen LogP contribution in [0.2, 0.25) is 5.02 Å². The zero-order chi connectivity index (χ0) is 17.9. The SMILES string of the molecule is CC(Nc1ncnc2c1nnn2Cc1ccc(Cl)cc1)c1ccccc1. The maximum atomic E-state index is 5.94. The highest BCUT2D eigenvalue weighted by molar-refractivity contribution is 6.30. The van der Waals surface area contributed by atoms with Crippen LogP contribution >= 0.6 is 11.6 Å². The van der Waals surface area contributed by atoms with Crippen molar-refractivity contribution < 1.29 is 0 Å². The number of hydrogen-bond acceptors (Lipinski definition) is 5. The fraction of sp³-hybridized carbons (Fsp3) is 0.158. The summed E-state index contributed by atoms with van der Waals surface area (Å²) in [6.07, 6.45) is 1.53. The maximum Gasteiger partial charge on any atom is 0.184 e. The predicted molar refractivity (Wildman–Crippen MR) is 102 cm³/mol. The summed E-state index contributed by atoms with van der Waals surface area (Å²) in [5.41, 5.74) is 3.60. The van der Waals surface area contributed by atoms with E-state index >= 15 is 0 Å². The van der Waals surface area contributed by atoms with Gasteiger partial charge in [0, 0.05) is 5.02 Å². The quantitative estimate of drug-likeness (QED) is 0.577. The molecule has 0 fully saturated rings. The molecule has 4 rings (SSSR count). The number of nitrogens with zero attached hydrogens (tertiary/aromatic N) is 5. The maximum absolute atomic E-state index is 5.94. The van der Waals surface area contributed by atoms with Gasteiger partial charge < -0.3 is 5.32 Å². The summed E-state index contributed by atoms with van der Waals surface area (Å²) in [6.45, 7) is 2.65. The van der Waals surface area contributed by atoms with Gasteiger partial charge in [-0.2, -0.15) is 0 Å². The zero-order valence-corrected chi connectivity index (χ0v) is 14.9. The zero-order valence-electron chi connectivity index (χ0n) is 14.2. The minimum absolute atomic E-state index is 0.0933. The molecule has 4 aromatic rings. The van der Waals surface area contributed by atoms with Gasteiger partial charge in [0.15, 0.2) is 17.0 Å². The molecule has 0 amide bonds. The standard InChI is InChI=1S/C19H17ClN6/c1-13(15-5-3-2-4-6-15)23-18-17-19(22-12-21-18)26(25-24-17)11-14-7-9-16(20)10-8-14/h2-10,12-13H,11H2,1H3,(H,21,22,23). The fourth-order valence-electron chi connectivity index (χ4n) is 2.80. The van der Waals surface area contributed by atoms with E-state index in [9.17, 15) is 0 Å². The van der Waals surface area contributed by atoms with Crippen LogP contribution in [0.25, 0.3) is 11.2 Å². The Morgan fingerprint density at radius 2 is 1.81 bits per heavy atom. The second-order valence-corrected chi connectivity index (χ2v) is 6.48. The van der Waals surface area contributed by atoms with Crippen LogP contribution in [0.1, 0.15) is 24.1 Å². The Hall–Kier alpha value is -2.99. The Balaban J connectivity index is 1.61. The average molecular weight is 365 g/mol. The summed E-state index contributed by atoms with van der Waals surface area (Å²) in [7, 11) is 0. The van der Waals surface area contributed by atoms with E-state index in [-0.39, 0.29) is 6.04 Å². The molecule has 0 saturated carbocycles. The third kappa shape index (κ3) is 3.36. The molecule has 130 valence electrons. The number of nitrogens with one attached hydrogen (secondary N) is 1. The van der Waals surface area contributed by atoms with Crippen LogP contribution in [0.3, 0.4) is 0 Å². The number of hydrogen-bond donors (Lipinski definition) is 1. The third-order valence-corrected chi connectivity index (χ3v) is 4.45. The summed E-state index contributed by atoms with van der Waals surface area (Å²) in [4.78, 5) is 8.71. The Morgan fingerprint density at radius 1 is 1.04 bits per heavy atom. The summed E-state index contributed by atoms with van der Waals surface area (Å²) in [5.74, 6) is 0.675. The van der Waals surface area contributed by atoms with Crippen LogP contribution in [-0.4, -0.2) is 25.0 Å². The van der Waals surface area contributed by atoms with Crippen molar-refractivity contribution in [2.75, 3.05) is 5.32 Å². The summed E-state index contributed by atoms with van der Waals surface area (Å²) < 4.78 is 1.76. The predicted octanol–water partition coefficient (Wildman–Crippen LogP) is 4.10. The smallest absolute Gasteiger partial charge is 0.184 e. The lowest BCUT2D eigenvalue weighted by Gasteiger charge is -2.14. The van der Waals surface area contributed by atoms with Crippen LogP contribution < -0.4 is 5.32 Å². The molecular formula is C19H17ClN6. The minimum Gasteiger partial charge on any atom is -0.362 e. The van der Waals surface area contributed by atoms with Crippen LogP contribution in [0, 0.1) is 0 Å². The largest absolute Gasteiger partial charge is 0.362 e. The van der Waals surface area contributed by atoms with Gasteiger partial charge >= 0.3 is 0 Å². The van der Waals surface area contributed by atoms with Gasteiger partial charge in [0.1, 0.15) is 6.33 Å². The first-order chi connectivity index (χ1) is 12.7. The van der Waals surface area contributed by atoms with Gasteiger partial charge in [-0.05, 0) is 30.2 Å². The summed E-state index contributed by atoms with van der Waals surface area (Å²) >= 11 is 5.94. The Kier molecular flexibility index (Phi) is 4.50. The van der Waals surface area contributed by atoms with E-state index in [0.717, 1.165) is 5.56 Å². The van der Waals surface area contributed by atoms with Crippen LogP contribution in [0.4, 0.5) is 5.82 Å². The van der Waals surface area contributed by atoms with E-state index in [2.05, 4.69) is 44.7 Å². The number of fused-ring (bicyclic) bond motifs is 1. The summed E-state index contributed by atoms with van der Waals surface area (Å²) in [5, 5.41) is 12.6. The molecule has 0 aliphatic heterocycles. The van der Waals surface area contributed by atoms with Gasteiger partial charge in [-0.15, -0.1) is 5.10 Å². The van der Waals surface area contributed by atoms with Gasteiger partial charge in [-0.3, -0.25) is 0 Å². The third-order valence-electron chi connectivity index (χ3n) is 4.20. The van der Waals surface area contributed by atoms with Crippen LogP contribution in [-0.2, 0) is 6.54 Å². The van der Waals surface area contributed by atoms with E-state index in [4.69, 9.17) is 11.6 Å². The van der Waals surface area contributed by atoms with E-state index in [1.54, 1.807) is 4.68 Å². The molecule has 2 aromatic heterocycles. The number of aromatic nitrogens is 5. The molecule has 1 N–H and O–H groups in total. The van der Waals surface area contributed by atoms with Gasteiger partial charge in [-0.1, -0.05) is 59.3 Å². The molecule has 0 spiro atoms. The van der Waals surface area contributed by atoms with Gasteiger partial charge in [0.2, 0.25) is 0 Å². The molecular weight excluding hydrogens is 348 g/mol. The van der Waals surface area contributed by atoms with Crippen molar-refractivity contribution in [2.45, 2.75) is 19.5 Å². The number of halogens is 1. The fourth-order valence-corrected chi connectivity index (χ4v) is 2.92. The van der Waals surface area contributed by atoms with Crippen molar-refractivity contribution >= 4 is 28.6 Å². The lowest BCUT2D eigenvalue weighted by Crippen LogP contribution is -2.09. The molecule has 0 saturated heterocycles. The van der Waals surface area contributed by atoms with Crippen molar-refractivity contribution in [1.82, 2.24) is 25.0 Å². The topological polar surface area (TPSA) is 68.5 Å². The van der Waals surface area contributed by atoms with Crippen LogP contribution in [0.5, 0.6) is 0 Å². The number of benzene rings is 2. The lowest BCUT2D eigenvalue weighted by atomic mass is 10.1. The highest BCUT2D eigenvalue weighted by Crippen LogP contribution is 2.22. The summed E-state index contributed by atoms with van der Waals surface area (Å²) in [6, 6.07) is 17.9. The minimum atomic E-state index is 0.0933. The molecule has 26 heavy (non-hydrogen) atoms. The van der Waals surface area contributed by atoms with Crippen molar-refractivity contribution in [3.63, 3.8) is 0 Å². The first-order valence-electron chi connectivity index (χ1n) is 8.31. The Bertz CT molecular complexity index is 1010. The first kappa shape index (κ1) is 16.5. The molecule has 0 aliphatic carbocycles. The lowest BCUT2D eigenvalue weighted by molar-refractivity contribution is 0.664. The Labute approximate surface area is 155 Å². The normalized spacial score (nSPS) is 12.2. The first-order valence-corrected chi connectivity index (χ1v) is 8.68. The van der Waals surface area contributed by atoms with Crippen molar-refractivity contribution in [3.8, 4) is 0 Å². The molecule has 2 aromatic carbocycles. The monoisotopic (exact) mass is 364 g/mol. The van der Waals surface area contributed by atoms with E-state index in [1.807, 2.05) is 42.5 Å². The molecule has 1 atom stereocenters. The van der Waals surface area contributed by atoms with E-state index < -0.39 is 0 Å². The molecule has 6 nitrogen and oxygen atoms in total. The molecule has 0 aliphatic rings. The molecule has 7 heteroatoms. The van der Waals surface area contributed by atoms with E-state index in [0.29, 0.717) is 28.5 Å².